The van der Waals surface area contributed by atoms with Crippen LogP contribution in [0.2, 0.25) is 0 Å². The minimum absolute atomic E-state index is 0.680. The molecule has 11 nitrogen and oxygen atoms in total. The summed E-state index contributed by atoms with van der Waals surface area (Å²) in [5, 5.41) is 11.0. The zero-order valence-electron chi connectivity index (χ0n) is 62.3. The summed E-state index contributed by atoms with van der Waals surface area (Å²) in [4.78, 5) is 37.9. The lowest BCUT2D eigenvalue weighted by molar-refractivity contribution is 0.981. The van der Waals surface area contributed by atoms with Crippen LogP contribution in [0.1, 0.15) is 0 Å². The van der Waals surface area contributed by atoms with Crippen molar-refractivity contribution >= 4 is 120 Å². The zero-order valence-corrected chi connectivity index (χ0v) is 62.3. The number of imidazole rings is 2. The standard InChI is InChI=1S/C105H63N11/c1-4-26-66(27-5-1)91-59-74(64-50-52-65(53-51-64)82-61-84-77-38-15-20-46-95(77)113(99(84)79-40-12-10-36-75(79)82)104-111-87-43-17-14-42-81(87)102-109-89-44-18-22-48-97(89)115(102)104)60-92(106-91)72-34-24-32-69(56-72)70-54-55-88-86(58-70)103-110-90-45-19-23-49-98(90)116(103)105(112-88)114-96-47-21-16-39-78(96)85-62-83(76-37-11-13-41-80(76)100(85)114)71-33-25-35-73(57-71)94-63-93(67-28-6-2-7-29-67)107-101(108-94)68-30-8-3-9-31-68/h1-63H. The number of hydrogen-bond donors (Lipinski definition) is 0. The van der Waals surface area contributed by atoms with Gasteiger partial charge >= 0.3 is 0 Å². The van der Waals surface area contributed by atoms with Crippen LogP contribution in [-0.4, -0.2) is 52.8 Å². The average molecular weight is 1480 g/mol. The third kappa shape index (κ3) is 10.3. The summed E-state index contributed by atoms with van der Waals surface area (Å²) in [6.45, 7) is 0. The zero-order chi connectivity index (χ0) is 76.1. The van der Waals surface area contributed by atoms with Gasteiger partial charge in [0.1, 0.15) is 11.3 Å². The van der Waals surface area contributed by atoms with E-state index < -0.39 is 0 Å². The molecule has 0 aliphatic carbocycles. The highest BCUT2D eigenvalue weighted by Gasteiger charge is 2.27. The second kappa shape index (κ2) is 25.9. The monoisotopic (exact) mass is 1480 g/mol. The Morgan fingerprint density at radius 3 is 1.12 bits per heavy atom. The van der Waals surface area contributed by atoms with Crippen LogP contribution in [0.25, 0.3) is 233 Å². The van der Waals surface area contributed by atoms with Crippen molar-refractivity contribution < 1.29 is 0 Å². The summed E-state index contributed by atoms with van der Waals surface area (Å²) < 4.78 is 9.24. The molecule has 0 N–H and O–H groups in total. The van der Waals surface area contributed by atoms with Crippen molar-refractivity contribution in [2.45, 2.75) is 0 Å². The minimum Gasteiger partial charge on any atom is -0.278 e. The Kier molecular flexibility index (Phi) is 14.5. The summed E-state index contributed by atoms with van der Waals surface area (Å²) in [6.07, 6.45) is 0. The Bertz CT molecular complexity index is 8150. The molecule has 8 heterocycles. The number of nitrogens with zero attached hydrogens (tertiary/aromatic N) is 11. The molecule has 0 saturated heterocycles. The molecule has 0 aliphatic rings. The Morgan fingerprint density at radius 1 is 0.172 bits per heavy atom. The van der Waals surface area contributed by atoms with Gasteiger partial charge in [0.2, 0.25) is 11.9 Å². The van der Waals surface area contributed by atoms with Gasteiger partial charge in [-0.25, -0.2) is 34.9 Å². The van der Waals surface area contributed by atoms with E-state index in [0.29, 0.717) is 5.82 Å². The van der Waals surface area contributed by atoms with Crippen molar-refractivity contribution in [2.24, 2.45) is 0 Å². The van der Waals surface area contributed by atoms with Crippen LogP contribution in [0.4, 0.5) is 0 Å². The van der Waals surface area contributed by atoms with Crippen LogP contribution in [0.3, 0.4) is 0 Å². The molecule has 16 aromatic carbocycles. The number of para-hydroxylation sites is 7. The SMILES string of the molecule is c1ccc(-c2cc(-c3ccc(-c4cc5c6ccccc6n(-c6nc7ccccc7c7nc8ccccc8n67)c5c5ccccc45)cc3)cc(-c3cccc(-c4ccc5nc(-n6c7ccccc7c7cc(-c8cccc(-c9cc(-c%10ccccc%10)nc(-c%10ccccc%10)n9)c8)c8ccccc8c76)n6c7ccccc7nc6c5c4)c3)n2)cc1. The van der Waals surface area contributed by atoms with Gasteiger partial charge in [0.15, 0.2) is 5.82 Å². The first-order valence-corrected chi connectivity index (χ1v) is 39.2. The molecule has 0 atom stereocenters. The number of pyridine rings is 1. The van der Waals surface area contributed by atoms with E-state index in [0.717, 1.165) is 227 Å². The maximum absolute atomic E-state index is 5.79. The number of benzene rings is 16. The quantitative estimate of drug-likeness (QED) is 0.127. The van der Waals surface area contributed by atoms with E-state index in [2.05, 4.69) is 376 Å². The van der Waals surface area contributed by atoms with Crippen molar-refractivity contribution in [3.8, 4) is 113 Å². The molecule has 24 aromatic rings. The maximum Gasteiger partial charge on any atom is 0.221 e. The highest BCUT2D eigenvalue weighted by Crippen LogP contribution is 2.47. The normalized spacial score (nSPS) is 12.0. The fraction of sp³-hybridized carbons (Fsp3) is 0. The molecule has 538 valence electrons. The van der Waals surface area contributed by atoms with Gasteiger partial charge in [0.05, 0.1) is 77.9 Å². The van der Waals surface area contributed by atoms with Gasteiger partial charge in [0, 0.05) is 70.9 Å². The van der Waals surface area contributed by atoms with E-state index in [1.807, 2.05) is 24.3 Å². The molecule has 0 fully saturated rings. The van der Waals surface area contributed by atoms with Crippen LogP contribution in [-0.2, 0) is 0 Å². The fourth-order valence-corrected chi connectivity index (χ4v) is 17.9. The molecule has 0 radical (unpaired) electrons. The highest BCUT2D eigenvalue weighted by molar-refractivity contribution is 6.24. The molecular weight excluding hydrogens is 1420 g/mol. The van der Waals surface area contributed by atoms with E-state index in [1.165, 1.54) is 0 Å². The molecule has 0 saturated carbocycles. The van der Waals surface area contributed by atoms with Gasteiger partial charge in [0.25, 0.3) is 0 Å². The molecule has 24 rings (SSSR count). The lowest BCUT2D eigenvalue weighted by Gasteiger charge is -2.16. The Morgan fingerprint density at radius 2 is 0.552 bits per heavy atom. The first-order valence-electron chi connectivity index (χ1n) is 39.2. The largest absolute Gasteiger partial charge is 0.278 e. The minimum atomic E-state index is 0.680. The van der Waals surface area contributed by atoms with Crippen molar-refractivity contribution in [3.63, 3.8) is 0 Å². The van der Waals surface area contributed by atoms with Crippen molar-refractivity contribution in [3.05, 3.63) is 382 Å². The summed E-state index contributed by atoms with van der Waals surface area (Å²) in [5.74, 6) is 2.23. The molecule has 0 unspecified atom stereocenters. The van der Waals surface area contributed by atoms with E-state index >= 15 is 0 Å². The lowest BCUT2D eigenvalue weighted by atomic mass is 9.93. The first kappa shape index (κ1) is 64.9. The van der Waals surface area contributed by atoms with Crippen LogP contribution in [0.15, 0.2) is 382 Å². The average Bonchev–Trinajstić information content (AvgIpc) is 1.54. The van der Waals surface area contributed by atoms with E-state index in [4.69, 9.17) is 34.9 Å². The molecule has 0 aliphatic heterocycles. The van der Waals surface area contributed by atoms with Crippen LogP contribution < -0.4 is 0 Å². The fourth-order valence-electron chi connectivity index (χ4n) is 17.9. The first-order chi connectivity index (χ1) is 57.5. The van der Waals surface area contributed by atoms with Gasteiger partial charge in [-0.15, -0.1) is 0 Å². The van der Waals surface area contributed by atoms with E-state index in [9.17, 15) is 0 Å². The second-order valence-electron chi connectivity index (χ2n) is 30.0. The predicted molar refractivity (Wildman–Crippen MR) is 476 cm³/mol. The van der Waals surface area contributed by atoms with E-state index in [-0.39, 0.29) is 0 Å². The van der Waals surface area contributed by atoms with Gasteiger partial charge in [-0.1, -0.05) is 279 Å². The van der Waals surface area contributed by atoms with Gasteiger partial charge in [-0.2, -0.15) is 0 Å². The molecule has 116 heavy (non-hydrogen) atoms. The van der Waals surface area contributed by atoms with Crippen molar-refractivity contribution in [2.75, 3.05) is 0 Å². The molecule has 11 heteroatoms. The number of aromatic nitrogens is 11. The van der Waals surface area contributed by atoms with Gasteiger partial charge < -0.3 is 0 Å². The molecule has 0 spiro atoms. The lowest BCUT2D eigenvalue weighted by Crippen LogP contribution is -2.06. The predicted octanol–water partition coefficient (Wildman–Crippen LogP) is 26.1. The summed E-state index contributed by atoms with van der Waals surface area (Å²) in [5.41, 5.74) is 28.7. The van der Waals surface area contributed by atoms with Gasteiger partial charge in [-0.3, -0.25) is 17.9 Å². The number of rotatable bonds is 11. The maximum atomic E-state index is 5.79. The molecule has 8 aromatic heterocycles. The van der Waals surface area contributed by atoms with Crippen molar-refractivity contribution in [1.82, 2.24) is 52.8 Å². The van der Waals surface area contributed by atoms with Crippen molar-refractivity contribution in [1.29, 1.82) is 0 Å². The Labute approximate surface area is 663 Å². The van der Waals surface area contributed by atoms with Crippen LogP contribution in [0.5, 0.6) is 0 Å². The molecule has 0 bridgehead atoms. The Balaban J connectivity index is 0.609. The highest BCUT2D eigenvalue weighted by atomic mass is 15.2. The molecule has 0 amide bonds. The number of fused-ring (bicyclic) bond motifs is 20. The second-order valence-corrected chi connectivity index (χ2v) is 30.0. The summed E-state index contributed by atoms with van der Waals surface area (Å²) in [7, 11) is 0. The smallest absolute Gasteiger partial charge is 0.221 e. The van der Waals surface area contributed by atoms with Crippen LogP contribution >= 0.6 is 0 Å². The summed E-state index contributed by atoms with van der Waals surface area (Å²) in [6, 6.07) is 136. The molecular formula is C105H63N11. The third-order valence-corrected chi connectivity index (χ3v) is 23.3. The number of hydrogen-bond acceptors (Lipinski definition) is 7. The van der Waals surface area contributed by atoms with Gasteiger partial charge in [-0.05, 0) is 158 Å². The van der Waals surface area contributed by atoms with E-state index in [1.54, 1.807) is 0 Å². The topological polar surface area (TPSA) is 109 Å². The van der Waals surface area contributed by atoms with Crippen LogP contribution in [0, 0.1) is 0 Å². The summed E-state index contributed by atoms with van der Waals surface area (Å²) >= 11 is 0. The Hall–Kier alpha value is -15.9. The third-order valence-electron chi connectivity index (χ3n) is 23.3.